The molecule has 1 aliphatic rings. The molecule has 1 N–H and O–H groups in total. The van der Waals surface area contributed by atoms with Gasteiger partial charge in [0.1, 0.15) is 6.04 Å². The molecule has 0 aliphatic carbocycles. The lowest BCUT2D eigenvalue weighted by Gasteiger charge is -2.34. The van der Waals surface area contributed by atoms with Crippen LogP contribution in [0.4, 0.5) is 10.5 Å². The van der Waals surface area contributed by atoms with Crippen molar-refractivity contribution in [1.82, 2.24) is 10.4 Å². The van der Waals surface area contributed by atoms with Crippen LogP contribution in [0.15, 0.2) is 48.5 Å². The van der Waals surface area contributed by atoms with E-state index in [1.54, 1.807) is 23.1 Å². The van der Waals surface area contributed by atoms with Crippen LogP contribution in [0.3, 0.4) is 0 Å². The Labute approximate surface area is 173 Å². The molecule has 1 atom stereocenters. The van der Waals surface area contributed by atoms with Crippen LogP contribution in [0.25, 0.3) is 0 Å². The summed E-state index contributed by atoms with van der Waals surface area (Å²) < 4.78 is 0. The third-order valence-corrected chi connectivity index (χ3v) is 5.09. The second-order valence-corrected chi connectivity index (χ2v) is 7.28. The van der Waals surface area contributed by atoms with Gasteiger partial charge in [0, 0.05) is 11.6 Å². The Morgan fingerprint density at radius 3 is 2.68 bits per heavy atom. The number of nitrogens with one attached hydrogen (secondary N) is 1. The summed E-state index contributed by atoms with van der Waals surface area (Å²) in [6.07, 6.45) is 1.29. The molecule has 1 unspecified atom stereocenters. The number of rotatable bonds is 5. The fraction of sp³-hybridized carbons (Fsp3) is 0.300. The van der Waals surface area contributed by atoms with E-state index in [0.717, 1.165) is 12.0 Å². The van der Waals surface area contributed by atoms with Crippen LogP contribution < -0.4 is 10.2 Å². The van der Waals surface area contributed by atoms with E-state index in [1.807, 2.05) is 30.3 Å². The molecular weight excluding hydrogens is 401 g/mol. The highest BCUT2D eigenvalue weighted by molar-refractivity contribution is 6.36. The number of carbonyl (C=O) groups excluding carboxylic acids is 2. The Morgan fingerprint density at radius 2 is 2.00 bits per heavy atom. The zero-order valence-corrected chi connectivity index (χ0v) is 16.9. The second kappa shape index (κ2) is 9.28. The van der Waals surface area contributed by atoms with E-state index >= 15 is 0 Å². The number of anilines is 1. The van der Waals surface area contributed by atoms with Gasteiger partial charge in [-0.25, -0.2) is 4.79 Å². The Kier molecular flexibility index (Phi) is 6.78. The van der Waals surface area contributed by atoms with Crippen LogP contribution in [0, 0.1) is 0 Å². The Balaban J connectivity index is 1.69. The monoisotopic (exact) mass is 421 g/mol. The molecular formula is C20H21Cl2N3O3. The topological polar surface area (TPSA) is 61.9 Å². The van der Waals surface area contributed by atoms with Gasteiger partial charge in [0.2, 0.25) is 5.91 Å². The molecule has 1 heterocycles. The van der Waals surface area contributed by atoms with E-state index in [2.05, 4.69) is 5.32 Å². The molecule has 1 fully saturated rings. The zero-order valence-electron chi connectivity index (χ0n) is 15.4. The first-order valence-corrected chi connectivity index (χ1v) is 9.67. The molecule has 0 radical (unpaired) electrons. The van der Waals surface area contributed by atoms with Crippen LogP contribution >= 0.6 is 23.2 Å². The molecule has 148 valence electrons. The van der Waals surface area contributed by atoms with Gasteiger partial charge in [-0.05, 0) is 36.6 Å². The second-order valence-electron chi connectivity index (χ2n) is 6.43. The minimum Gasteiger partial charge on any atom is -0.324 e. The Morgan fingerprint density at radius 1 is 1.25 bits per heavy atom. The molecule has 0 spiro atoms. The number of piperidine rings is 1. The highest BCUT2D eigenvalue weighted by atomic mass is 35.5. The van der Waals surface area contributed by atoms with E-state index in [1.165, 1.54) is 12.2 Å². The minimum atomic E-state index is -0.651. The molecule has 0 aromatic heterocycles. The zero-order chi connectivity index (χ0) is 20.1. The molecule has 8 heteroatoms. The molecule has 0 bridgehead atoms. The SMILES string of the molecule is CON(Cc1ccccc1)C(=O)NC1CCCN(c2ccc(Cl)cc2Cl)C1=O. The van der Waals surface area contributed by atoms with Crippen molar-refractivity contribution in [2.45, 2.75) is 25.4 Å². The van der Waals surface area contributed by atoms with Crippen molar-refractivity contribution >= 4 is 40.8 Å². The highest BCUT2D eigenvalue weighted by Gasteiger charge is 2.33. The molecule has 28 heavy (non-hydrogen) atoms. The van der Waals surface area contributed by atoms with Crippen LogP contribution in [0.2, 0.25) is 10.0 Å². The van der Waals surface area contributed by atoms with Crippen molar-refractivity contribution in [1.29, 1.82) is 0 Å². The molecule has 1 aliphatic heterocycles. The molecule has 6 nitrogen and oxygen atoms in total. The lowest BCUT2D eigenvalue weighted by molar-refractivity contribution is -0.122. The van der Waals surface area contributed by atoms with Gasteiger partial charge in [0.05, 0.1) is 24.4 Å². The van der Waals surface area contributed by atoms with Crippen molar-refractivity contribution in [2.24, 2.45) is 0 Å². The number of carbonyl (C=O) groups is 2. The maximum Gasteiger partial charge on any atom is 0.342 e. The number of halogens is 2. The molecule has 0 saturated carbocycles. The smallest absolute Gasteiger partial charge is 0.324 e. The number of urea groups is 1. The number of amides is 3. The summed E-state index contributed by atoms with van der Waals surface area (Å²) >= 11 is 12.2. The highest BCUT2D eigenvalue weighted by Crippen LogP contribution is 2.31. The molecule has 1 saturated heterocycles. The average molecular weight is 422 g/mol. The van der Waals surface area contributed by atoms with Gasteiger partial charge in [-0.3, -0.25) is 9.63 Å². The van der Waals surface area contributed by atoms with Gasteiger partial charge >= 0.3 is 6.03 Å². The third kappa shape index (κ3) is 4.76. The molecule has 3 rings (SSSR count). The van der Waals surface area contributed by atoms with Gasteiger partial charge in [0.25, 0.3) is 0 Å². The molecule has 3 amide bonds. The fourth-order valence-electron chi connectivity index (χ4n) is 3.14. The summed E-state index contributed by atoms with van der Waals surface area (Å²) in [4.78, 5) is 32.3. The molecule has 2 aromatic carbocycles. The van der Waals surface area contributed by atoms with E-state index in [9.17, 15) is 9.59 Å². The molecule has 2 aromatic rings. The van der Waals surface area contributed by atoms with Crippen LogP contribution in [-0.2, 0) is 16.2 Å². The van der Waals surface area contributed by atoms with E-state index in [-0.39, 0.29) is 12.5 Å². The Bertz CT molecular complexity index is 848. The van der Waals surface area contributed by atoms with Crippen LogP contribution in [-0.4, -0.2) is 36.7 Å². The maximum atomic E-state index is 12.9. The standard InChI is InChI=1S/C20H21Cl2N3O3/c1-28-25(13-14-6-3-2-4-7-14)20(27)23-17-8-5-11-24(19(17)26)18-10-9-15(21)12-16(18)22/h2-4,6-7,9-10,12,17H,5,8,11,13H2,1H3,(H,23,27). The van der Waals surface area contributed by atoms with E-state index < -0.39 is 12.1 Å². The van der Waals surface area contributed by atoms with Crippen LogP contribution in [0.5, 0.6) is 0 Å². The van der Waals surface area contributed by atoms with Crippen molar-refractivity contribution in [3.8, 4) is 0 Å². The summed E-state index contributed by atoms with van der Waals surface area (Å²) in [7, 11) is 1.42. The van der Waals surface area contributed by atoms with Gasteiger partial charge in [-0.15, -0.1) is 0 Å². The number of nitrogens with zero attached hydrogens (tertiary/aromatic N) is 2. The van der Waals surface area contributed by atoms with E-state index in [4.69, 9.17) is 28.0 Å². The van der Waals surface area contributed by atoms with Crippen molar-refractivity contribution in [3.63, 3.8) is 0 Å². The lowest BCUT2D eigenvalue weighted by Crippen LogP contribution is -2.55. The average Bonchev–Trinajstić information content (AvgIpc) is 2.69. The van der Waals surface area contributed by atoms with Crippen molar-refractivity contribution in [2.75, 3.05) is 18.6 Å². The largest absolute Gasteiger partial charge is 0.342 e. The quantitative estimate of drug-likeness (QED) is 0.733. The predicted octanol–water partition coefficient (Wildman–Crippen LogP) is 4.26. The third-order valence-electron chi connectivity index (χ3n) is 4.55. The first kappa shape index (κ1) is 20.5. The normalized spacial score (nSPS) is 16.8. The number of hydrogen-bond acceptors (Lipinski definition) is 3. The summed E-state index contributed by atoms with van der Waals surface area (Å²) in [5.74, 6) is -0.209. The number of hydroxylamine groups is 2. The summed E-state index contributed by atoms with van der Waals surface area (Å²) in [5.41, 5.74) is 1.51. The van der Waals surface area contributed by atoms with Gasteiger partial charge in [-0.2, -0.15) is 5.06 Å². The number of hydrogen-bond donors (Lipinski definition) is 1. The maximum absolute atomic E-state index is 12.9. The first-order chi connectivity index (χ1) is 13.5. The minimum absolute atomic E-state index is 0.209. The van der Waals surface area contributed by atoms with Gasteiger partial charge in [-0.1, -0.05) is 53.5 Å². The van der Waals surface area contributed by atoms with Crippen molar-refractivity contribution in [3.05, 3.63) is 64.1 Å². The first-order valence-electron chi connectivity index (χ1n) is 8.92. The predicted molar refractivity (Wildman–Crippen MR) is 109 cm³/mol. The van der Waals surface area contributed by atoms with E-state index in [0.29, 0.717) is 28.7 Å². The summed E-state index contributed by atoms with van der Waals surface area (Å²) in [5, 5.41) is 4.86. The van der Waals surface area contributed by atoms with Gasteiger partial charge in [0.15, 0.2) is 0 Å². The van der Waals surface area contributed by atoms with Crippen LogP contribution in [0.1, 0.15) is 18.4 Å². The lowest BCUT2D eigenvalue weighted by atomic mass is 10.0. The van der Waals surface area contributed by atoms with Crippen molar-refractivity contribution < 1.29 is 14.4 Å². The fourth-order valence-corrected chi connectivity index (χ4v) is 3.65. The Hall–Kier alpha value is -2.28. The van der Waals surface area contributed by atoms with Gasteiger partial charge < -0.3 is 10.2 Å². The summed E-state index contributed by atoms with van der Waals surface area (Å²) in [6, 6.07) is 13.4. The number of benzene rings is 2. The summed E-state index contributed by atoms with van der Waals surface area (Å²) in [6.45, 7) is 0.807.